The standard InChI is InChI=1S/C20H22BrClN4O2/c21-14-3-6-18(23)17(9-14)20(28)24-10-19(27)25-16-7-8-26(12-16)11-13-1-4-15(22)5-2-13/h1-6,9,16H,7-8,10-12,23H2,(H,24,28)(H,25,27)/t16-/m1/s1. The van der Waals surface area contributed by atoms with Gasteiger partial charge in [-0.05, 0) is 42.3 Å². The summed E-state index contributed by atoms with van der Waals surface area (Å²) < 4.78 is 0.753. The molecule has 0 unspecified atom stereocenters. The van der Waals surface area contributed by atoms with E-state index in [1.54, 1.807) is 18.2 Å². The van der Waals surface area contributed by atoms with Gasteiger partial charge in [-0.3, -0.25) is 14.5 Å². The third kappa shape index (κ3) is 5.70. The highest BCUT2D eigenvalue weighted by Crippen LogP contribution is 2.18. The first-order valence-electron chi connectivity index (χ1n) is 9.00. The molecule has 2 aromatic rings. The van der Waals surface area contributed by atoms with Gasteiger partial charge < -0.3 is 16.4 Å². The van der Waals surface area contributed by atoms with Gasteiger partial charge in [0.2, 0.25) is 5.91 Å². The normalized spacial score (nSPS) is 16.7. The number of carbonyl (C=O) groups is 2. The Bertz CT molecular complexity index is 860. The molecule has 1 aliphatic rings. The van der Waals surface area contributed by atoms with Gasteiger partial charge in [0.05, 0.1) is 12.1 Å². The fourth-order valence-corrected chi connectivity index (χ4v) is 3.69. The first-order chi connectivity index (χ1) is 13.4. The van der Waals surface area contributed by atoms with Crippen LogP contribution in [0.5, 0.6) is 0 Å². The zero-order chi connectivity index (χ0) is 20.1. The first-order valence-corrected chi connectivity index (χ1v) is 10.2. The number of nitrogens with zero attached hydrogens (tertiary/aromatic N) is 1. The summed E-state index contributed by atoms with van der Waals surface area (Å²) in [6.45, 7) is 2.43. The molecule has 2 aromatic carbocycles. The van der Waals surface area contributed by atoms with Crippen molar-refractivity contribution in [1.82, 2.24) is 15.5 Å². The van der Waals surface area contributed by atoms with E-state index in [0.717, 1.165) is 35.6 Å². The second kappa shape index (κ2) is 9.41. The Morgan fingerprint density at radius 1 is 1.21 bits per heavy atom. The summed E-state index contributed by atoms with van der Waals surface area (Å²) in [6.07, 6.45) is 0.881. The van der Waals surface area contributed by atoms with Crippen molar-refractivity contribution < 1.29 is 9.59 Å². The van der Waals surface area contributed by atoms with E-state index in [1.807, 2.05) is 24.3 Å². The minimum absolute atomic E-state index is 0.0765. The van der Waals surface area contributed by atoms with E-state index in [9.17, 15) is 9.59 Å². The number of anilines is 1. The Hall–Kier alpha value is -2.09. The molecule has 1 fully saturated rings. The molecule has 0 bridgehead atoms. The molecule has 8 heteroatoms. The average molecular weight is 466 g/mol. The lowest BCUT2D eigenvalue weighted by Gasteiger charge is -2.17. The second-order valence-corrected chi connectivity index (χ2v) is 8.18. The monoisotopic (exact) mass is 464 g/mol. The predicted molar refractivity (Wildman–Crippen MR) is 114 cm³/mol. The van der Waals surface area contributed by atoms with Gasteiger partial charge in [0, 0.05) is 40.9 Å². The van der Waals surface area contributed by atoms with E-state index in [-0.39, 0.29) is 24.4 Å². The van der Waals surface area contributed by atoms with Crippen molar-refractivity contribution >= 4 is 45.0 Å². The number of halogens is 2. The summed E-state index contributed by atoms with van der Waals surface area (Å²) in [5.74, 6) is -0.579. The number of nitrogens with one attached hydrogen (secondary N) is 2. The van der Waals surface area contributed by atoms with Crippen molar-refractivity contribution in [3.63, 3.8) is 0 Å². The van der Waals surface area contributed by atoms with Crippen molar-refractivity contribution in [3.05, 3.63) is 63.1 Å². The zero-order valence-electron chi connectivity index (χ0n) is 15.3. The maximum Gasteiger partial charge on any atom is 0.253 e. The van der Waals surface area contributed by atoms with Crippen LogP contribution in [0.3, 0.4) is 0 Å². The molecule has 1 atom stereocenters. The zero-order valence-corrected chi connectivity index (χ0v) is 17.6. The highest BCUT2D eigenvalue weighted by molar-refractivity contribution is 9.10. The fourth-order valence-electron chi connectivity index (χ4n) is 3.20. The SMILES string of the molecule is Nc1ccc(Br)cc1C(=O)NCC(=O)N[C@@H]1CCN(Cc2ccc(Cl)cc2)C1. The molecular weight excluding hydrogens is 444 g/mol. The van der Waals surface area contributed by atoms with Gasteiger partial charge in [0.15, 0.2) is 0 Å². The molecule has 0 aromatic heterocycles. The van der Waals surface area contributed by atoms with Crippen LogP contribution in [0, 0.1) is 0 Å². The molecule has 3 rings (SSSR count). The number of nitrogen functional groups attached to an aromatic ring is 1. The number of nitrogens with two attached hydrogens (primary N) is 1. The number of likely N-dealkylation sites (tertiary alicyclic amines) is 1. The lowest BCUT2D eigenvalue weighted by atomic mass is 10.1. The van der Waals surface area contributed by atoms with Crippen LogP contribution in [0.15, 0.2) is 46.9 Å². The topological polar surface area (TPSA) is 87.5 Å². The van der Waals surface area contributed by atoms with E-state index in [4.69, 9.17) is 17.3 Å². The molecule has 1 saturated heterocycles. The first kappa shape index (κ1) is 20.6. The van der Waals surface area contributed by atoms with E-state index < -0.39 is 0 Å². The van der Waals surface area contributed by atoms with Gasteiger partial charge in [-0.1, -0.05) is 39.7 Å². The lowest BCUT2D eigenvalue weighted by molar-refractivity contribution is -0.120. The van der Waals surface area contributed by atoms with Crippen LogP contribution in [-0.2, 0) is 11.3 Å². The molecule has 6 nitrogen and oxygen atoms in total. The van der Waals surface area contributed by atoms with E-state index in [0.29, 0.717) is 11.3 Å². The van der Waals surface area contributed by atoms with E-state index in [2.05, 4.69) is 31.5 Å². The van der Waals surface area contributed by atoms with Crippen LogP contribution in [-0.4, -0.2) is 42.4 Å². The van der Waals surface area contributed by atoms with Crippen molar-refractivity contribution in [2.45, 2.75) is 19.0 Å². The summed E-state index contributed by atoms with van der Waals surface area (Å²) in [6, 6.07) is 12.9. The van der Waals surface area contributed by atoms with E-state index in [1.165, 1.54) is 5.56 Å². The summed E-state index contributed by atoms with van der Waals surface area (Å²) in [7, 11) is 0. The second-order valence-electron chi connectivity index (χ2n) is 6.83. The molecule has 28 heavy (non-hydrogen) atoms. The molecule has 1 heterocycles. The van der Waals surface area contributed by atoms with Crippen LogP contribution in [0.1, 0.15) is 22.3 Å². The molecule has 0 spiro atoms. The minimum atomic E-state index is -0.371. The van der Waals surface area contributed by atoms with Crippen molar-refractivity contribution in [3.8, 4) is 0 Å². The molecule has 1 aliphatic heterocycles. The summed E-state index contributed by atoms with van der Waals surface area (Å²) in [5, 5.41) is 6.32. The van der Waals surface area contributed by atoms with Crippen LogP contribution in [0.4, 0.5) is 5.69 Å². The number of carbonyl (C=O) groups excluding carboxylic acids is 2. The Morgan fingerprint density at radius 3 is 2.71 bits per heavy atom. The summed E-state index contributed by atoms with van der Waals surface area (Å²) in [4.78, 5) is 26.7. The number of hydrogen-bond acceptors (Lipinski definition) is 4. The van der Waals surface area contributed by atoms with Crippen molar-refractivity contribution in [2.24, 2.45) is 0 Å². The van der Waals surface area contributed by atoms with Gasteiger partial charge in [-0.25, -0.2) is 0 Å². The molecule has 0 saturated carbocycles. The fraction of sp³-hybridized carbons (Fsp3) is 0.300. The van der Waals surface area contributed by atoms with Crippen LogP contribution >= 0.6 is 27.5 Å². The van der Waals surface area contributed by atoms with Gasteiger partial charge in [0.1, 0.15) is 0 Å². The summed E-state index contributed by atoms with van der Waals surface area (Å²) in [5.41, 5.74) is 7.73. The minimum Gasteiger partial charge on any atom is -0.398 e. The number of rotatable bonds is 6. The molecule has 0 aliphatic carbocycles. The Labute approximate surface area is 177 Å². The van der Waals surface area contributed by atoms with Crippen molar-refractivity contribution in [2.75, 3.05) is 25.4 Å². The largest absolute Gasteiger partial charge is 0.398 e. The Balaban J connectivity index is 1.43. The maximum atomic E-state index is 12.2. The highest BCUT2D eigenvalue weighted by Gasteiger charge is 2.24. The quantitative estimate of drug-likeness (QED) is 0.573. The number of benzene rings is 2. The van der Waals surface area contributed by atoms with Gasteiger partial charge >= 0.3 is 0 Å². The predicted octanol–water partition coefficient (Wildman–Crippen LogP) is 2.81. The third-order valence-electron chi connectivity index (χ3n) is 4.63. The highest BCUT2D eigenvalue weighted by atomic mass is 79.9. The summed E-state index contributed by atoms with van der Waals surface area (Å²) >= 11 is 9.23. The average Bonchev–Trinajstić information content (AvgIpc) is 3.10. The van der Waals surface area contributed by atoms with Gasteiger partial charge in [-0.2, -0.15) is 0 Å². The van der Waals surface area contributed by atoms with E-state index >= 15 is 0 Å². The van der Waals surface area contributed by atoms with Crippen LogP contribution in [0.2, 0.25) is 5.02 Å². The molecule has 0 radical (unpaired) electrons. The molecular formula is C20H22BrClN4O2. The van der Waals surface area contributed by atoms with Gasteiger partial charge in [-0.15, -0.1) is 0 Å². The lowest BCUT2D eigenvalue weighted by Crippen LogP contribution is -2.43. The van der Waals surface area contributed by atoms with Crippen molar-refractivity contribution in [1.29, 1.82) is 0 Å². The Kier molecular flexibility index (Phi) is 6.93. The third-order valence-corrected chi connectivity index (χ3v) is 5.37. The molecule has 4 N–H and O–H groups in total. The molecule has 2 amide bonds. The van der Waals surface area contributed by atoms with Crippen LogP contribution < -0.4 is 16.4 Å². The Morgan fingerprint density at radius 2 is 1.96 bits per heavy atom. The maximum absolute atomic E-state index is 12.2. The number of hydrogen-bond donors (Lipinski definition) is 3. The molecule has 148 valence electrons. The van der Waals surface area contributed by atoms with Gasteiger partial charge in [0.25, 0.3) is 5.91 Å². The van der Waals surface area contributed by atoms with Crippen LogP contribution in [0.25, 0.3) is 0 Å². The number of amides is 2. The smallest absolute Gasteiger partial charge is 0.253 e.